The molecule has 0 radical (unpaired) electrons. The number of halogens is 3. The van der Waals surface area contributed by atoms with Crippen LogP contribution >= 0.6 is 0 Å². The van der Waals surface area contributed by atoms with Crippen LogP contribution in [0.2, 0.25) is 0 Å². The summed E-state index contributed by atoms with van der Waals surface area (Å²) in [6, 6.07) is 7.40. The van der Waals surface area contributed by atoms with Crippen molar-refractivity contribution >= 4 is 0 Å². The zero-order chi connectivity index (χ0) is 14.4. The molecule has 1 fully saturated rings. The maximum atomic E-state index is 12.7. The van der Waals surface area contributed by atoms with Gasteiger partial charge in [-0.1, -0.05) is 18.2 Å². The predicted octanol–water partition coefficient (Wildman–Crippen LogP) is 3.96. The Bertz CT molecular complexity index is 492. The summed E-state index contributed by atoms with van der Waals surface area (Å²) in [6.45, 7) is 0. The molecular formula is C15H18F3NO. The van der Waals surface area contributed by atoms with Gasteiger partial charge in [-0.15, -0.1) is 0 Å². The molecule has 2 aliphatic rings. The van der Waals surface area contributed by atoms with E-state index in [0.717, 1.165) is 11.3 Å². The first-order chi connectivity index (χ1) is 9.40. The molecule has 1 aliphatic carbocycles. The third kappa shape index (κ3) is 2.39. The molecule has 1 heterocycles. The van der Waals surface area contributed by atoms with Crippen molar-refractivity contribution in [1.29, 1.82) is 0 Å². The average Bonchev–Trinajstić information content (AvgIpc) is 2.38. The summed E-state index contributed by atoms with van der Waals surface area (Å²) in [5, 5.41) is 0. The normalized spacial score (nSPS) is 33.6. The Morgan fingerprint density at radius 2 is 1.80 bits per heavy atom. The molecule has 0 saturated heterocycles. The SMILES string of the molecule is N[C@@H]1CC2(CCC(C(F)(F)F)CC2)Oc2ccccc21. The number of ether oxygens (including phenoxy) is 1. The van der Waals surface area contributed by atoms with Gasteiger partial charge >= 0.3 is 6.18 Å². The molecule has 1 atom stereocenters. The Morgan fingerprint density at radius 1 is 1.15 bits per heavy atom. The number of nitrogens with two attached hydrogens (primary N) is 1. The fraction of sp³-hybridized carbons (Fsp3) is 0.600. The van der Waals surface area contributed by atoms with E-state index in [-0.39, 0.29) is 18.9 Å². The van der Waals surface area contributed by atoms with Crippen LogP contribution in [0.15, 0.2) is 24.3 Å². The minimum atomic E-state index is -4.09. The highest BCUT2D eigenvalue weighted by Crippen LogP contribution is 2.49. The van der Waals surface area contributed by atoms with Gasteiger partial charge in [-0.3, -0.25) is 0 Å². The standard InChI is InChI=1S/C15H18F3NO/c16-15(17,18)10-5-7-14(8-6-10)9-12(19)11-3-1-2-4-13(11)20-14/h1-4,10,12H,5-9,19H2/t10?,12-,14?/m1/s1. The lowest BCUT2D eigenvalue weighted by Gasteiger charge is -2.45. The van der Waals surface area contributed by atoms with Crippen molar-refractivity contribution in [2.24, 2.45) is 11.7 Å². The molecule has 1 saturated carbocycles. The van der Waals surface area contributed by atoms with Gasteiger partial charge in [-0.25, -0.2) is 0 Å². The Kier molecular flexibility index (Phi) is 3.20. The van der Waals surface area contributed by atoms with Crippen LogP contribution in [0.1, 0.15) is 43.7 Å². The average molecular weight is 285 g/mol. The van der Waals surface area contributed by atoms with Gasteiger partial charge in [0.2, 0.25) is 0 Å². The molecule has 2 N–H and O–H groups in total. The van der Waals surface area contributed by atoms with Crippen LogP contribution in [0.5, 0.6) is 5.75 Å². The molecule has 20 heavy (non-hydrogen) atoms. The van der Waals surface area contributed by atoms with Crippen molar-refractivity contribution in [3.63, 3.8) is 0 Å². The van der Waals surface area contributed by atoms with E-state index in [1.54, 1.807) is 0 Å². The fourth-order valence-corrected chi connectivity index (χ4v) is 3.44. The first kappa shape index (κ1) is 13.7. The van der Waals surface area contributed by atoms with E-state index in [2.05, 4.69) is 0 Å². The lowest BCUT2D eigenvalue weighted by Crippen LogP contribution is -2.47. The van der Waals surface area contributed by atoms with Crippen LogP contribution < -0.4 is 10.5 Å². The molecule has 0 aromatic heterocycles. The third-order valence-corrected chi connectivity index (χ3v) is 4.60. The summed E-state index contributed by atoms with van der Waals surface area (Å²) < 4.78 is 44.3. The van der Waals surface area contributed by atoms with Crippen LogP contribution in [0.4, 0.5) is 13.2 Å². The van der Waals surface area contributed by atoms with Gasteiger partial charge in [0.1, 0.15) is 11.4 Å². The highest BCUT2D eigenvalue weighted by Gasteiger charge is 2.48. The van der Waals surface area contributed by atoms with Gasteiger partial charge in [-0.2, -0.15) is 13.2 Å². The number of para-hydroxylation sites is 1. The van der Waals surface area contributed by atoms with E-state index in [4.69, 9.17) is 10.5 Å². The maximum Gasteiger partial charge on any atom is 0.391 e. The molecule has 3 rings (SSSR count). The van der Waals surface area contributed by atoms with Crippen molar-refractivity contribution in [3.05, 3.63) is 29.8 Å². The Balaban J connectivity index is 1.77. The zero-order valence-electron chi connectivity index (χ0n) is 11.1. The van der Waals surface area contributed by atoms with Crippen molar-refractivity contribution in [1.82, 2.24) is 0 Å². The summed E-state index contributed by atoms with van der Waals surface area (Å²) in [6.07, 6.45) is -2.35. The van der Waals surface area contributed by atoms with Crippen molar-refractivity contribution in [3.8, 4) is 5.75 Å². The summed E-state index contributed by atoms with van der Waals surface area (Å²) in [7, 11) is 0. The quantitative estimate of drug-likeness (QED) is 0.783. The number of rotatable bonds is 0. The van der Waals surface area contributed by atoms with Gasteiger partial charge in [-0.05, 0) is 31.7 Å². The molecule has 1 aromatic carbocycles. The van der Waals surface area contributed by atoms with E-state index in [9.17, 15) is 13.2 Å². The lowest BCUT2D eigenvalue weighted by molar-refractivity contribution is -0.191. The van der Waals surface area contributed by atoms with Crippen molar-refractivity contribution < 1.29 is 17.9 Å². The van der Waals surface area contributed by atoms with Gasteiger partial charge in [0.05, 0.1) is 5.92 Å². The van der Waals surface area contributed by atoms with Gasteiger partial charge < -0.3 is 10.5 Å². The van der Waals surface area contributed by atoms with Crippen LogP contribution in [0, 0.1) is 5.92 Å². The highest BCUT2D eigenvalue weighted by atomic mass is 19.4. The lowest BCUT2D eigenvalue weighted by atomic mass is 9.73. The van der Waals surface area contributed by atoms with Crippen LogP contribution in [0.25, 0.3) is 0 Å². The molecule has 0 unspecified atom stereocenters. The van der Waals surface area contributed by atoms with Gasteiger partial charge in [0, 0.05) is 18.0 Å². The Labute approximate surface area is 116 Å². The maximum absolute atomic E-state index is 12.7. The van der Waals surface area contributed by atoms with E-state index in [1.807, 2.05) is 24.3 Å². The van der Waals surface area contributed by atoms with Gasteiger partial charge in [0.25, 0.3) is 0 Å². The molecule has 1 spiro atoms. The summed E-state index contributed by atoms with van der Waals surface area (Å²) in [5.41, 5.74) is 6.62. The second-order valence-corrected chi connectivity index (χ2v) is 5.95. The van der Waals surface area contributed by atoms with E-state index < -0.39 is 17.7 Å². The molecular weight excluding hydrogens is 267 g/mol. The number of hydrogen-bond acceptors (Lipinski definition) is 2. The summed E-state index contributed by atoms with van der Waals surface area (Å²) in [4.78, 5) is 0. The molecule has 2 nitrogen and oxygen atoms in total. The number of alkyl halides is 3. The second-order valence-electron chi connectivity index (χ2n) is 5.95. The monoisotopic (exact) mass is 285 g/mol. The third-order valence-electron chi connectivity index (χ3n) is 4.60. The molecule has 0 amide bonds. The number of benzene rings is 1. The summed E-state index contributed by atoms with van der Waals surface area (Å²) in [5.74, 6) is -0.457. The fourth-order valence-electron chi connectivity index (χ4n) is 3.44. The number of hydrogen-bond donors (Lipinski definition) is 1. The van der Waals surface area contributed by atoms with Crippen LogP contribution in [-0.4, -0.2) is 11.8 Å². The van der Waals surface area contributed by atoms with E-state index >= 15 is 0 Å². The molecule has 1 aliphatic heterocycles. The minimum absolute atomic E-state index is 0.137. The molecule has 1 aromatic rings. The number of fused-ring (bicyclic) bond motifs is 1. The second kappa shape index (κ2) is 4.65. The van der Waals surface area contributed by atoms with E-state index in [0.29, 0.717) is 19.3 Å². The van der Waals surface area contributed by atoms with Crippen molar-refractivity contribution in [2.75, 3.05) is 0 Å². The molecule has 110 valence electrons. The largest absolute Gasteiger partial charge is 0.487 e. The molecule has 5 heteroatoms. The topological polar surface area (TPSA) is 35.2 Å². The molecule has 0 bridgehead atoms. The zero-order valence-corrected chi connectivity index (χ0v) is 11.1. The Hall–Kier alpha value is -1.23. The summed E-state index contributed by atoms with van der Waals surface area (Å²) >= 11 is 0. The van der Waals surface area contributed by atoms with Crippen molar-refractivity contribution in [2.45, 2.75) is 49.9 Å². The predicted molar refractivity (Wildman–Crippen MR) is 69.4 cm³/mol. The van der Waals surface area contributed by atoms with Crippen LogP contribution in [-0.2, 0) is 0 Å². The van der Waals surface area contributed by atoms with E-state index in [1.165, 1.54) is 0 Å². The van der Waals surface area contributed by atoms with Gasteiger partial charge in [0.15, 0.2) is 0 Å². The Morgan fingerprint density at radius 3 is 2.45 bits per heavy atom. The van der Waals surface area contributed by atoms with Crippen LogP contribution in [0.3, 0.4) is 0 Å². The first-order valence-electron chi connectivity index (χ1n) is 7.00. The first-order valence-corrected chi connectivity index (χ1v) is 7.00. The smallest absolute Gasteiger partial charge is 0.391 e. The highest BCUT2D eigenvalue weighted by molar-refractivity contribution is 5.38. The minimum Gasteiger partial charge on any atom is -0.487 e.